The van der Waals surface area contributed by atoms with Crippen LogP contribution in [0, 0.1) is 6.92 Å². The molecule has 144 valence electrons. The third-order valence-corrected chi connectivity index (χ3v) is 7.52. The maximum absolute atomic E-state index is 13.6. The van der Waals surface area contributed by atoms with Crippen LogP contribution in [0.15, 0.2) is 32.1 Å². The smallest absolute Gasteiger partial charge is 0.245 e. The van der Waals surface area contributed by atoms with E-state index in [9.17, 15) is 13.2 Å². The number of anilines is 1. The lowest BCUT2D eigenvalue weighted by atomic mass is 10.2. The van der Waals surface area contributed by atoms with E-state index in [4.69, 9.17) is 4.52 Å². The molecule has 9 heteroatoms. The highest BCUT2D eigenvalue weighted by Gasteiger charge is 2.41. The Morgan fingerprint density at radius 1 is 1.30 bits per heavy atom. The van der Waals surface area contributed by atoms with Crippen LogP contribution in [0.2, 0.25) is 0 Å². The van der Waals surface area contributed by atoms with Gasteiger partial charge in [0.05, 0.1) is 17.4 Å². The normalized spacial score (nSPS) is 20.3. The summed E-state index contributed by atoms with van der Waals surface area (Å²) < 4.78 is 34.7. The Morgan fingerprint density at radius 2 is 2.07 bits per heavy atom. The first-order valence-electron chi connectivity index (χ1n) is 8.84. The fourth-order valence-electron chi connectivity index (χ4n) is 3.96. The SMILES string of the molecule is CC(=O)N1CCc2cc(Br)cc(S(=O)(=O)N3CCC[C@H]3c3cc(C)no3)c21. The van der Waals surface area contributed by atoms with Gasteiger partial charge in [0.2, 0.25) is 15.9 Å². The van der Waals surface area contributed by atoms with E-state index < -0.39 is 10.0 Å². The Labute approximate surface area is 166 Å². The summed E-state index contributed by atoms with van der Waals surface area (Å²) in [5.41, 5.74) is 2.09. The molecule has 1 fully saturated rings. The van der Waals surface area contributed by atoms with Crippen molar-refractivity contribution in [3.05, 3.63) is 39.7 Å². The van der Waals surface area contributed by atoms with Gasteiger partial charge in [-0.15, -0.1) is 0 Å². The van der Waals surface area contributed by atoms with Gasteiger partial charge in [0.25, 0.3) is 0 Å². The van der Waals surface area contributed by atoms with Gasteiger partial charge in [0.15, 0.2) is 5.76 Å². The summed E-state index contributed by atoms with van der Waals surface area (Å²) in [5.74, 6) is 0.403. The van der Waals surface area contributed by atoms with E-state index in [1.165, 1.54) is 11.2 Å². The number of aromatic nitrogens is 1. The molecule has 2 aromatic rings. The number of rotatable bonds is 3. The van der Waals surface area contributed by atoms with Crippen molar-refractivity contribution in [2.75, 3.05) is 18.0 Å². The lowest BCUT2D eigenvalue weighted by Crippen LogP contribution is -2.33. The van der Waals surface area contributed by atoms with E-state index in [-0.39, 0.29) is 16.8 Å². The topological polar surface area (TPSA) is 83.7 Å². The van der Waals surface area contributed by atoms with Crippen LogP contribution in [0.1, 0.15) is 42.8 Å². The van der Waals surface area contributed by atoms with Gasteiger partial charge in [-0.3, -0.25) is 4.79 Å². The van der Waals surface area contributed by atoms with E-state index >= 15 is 0 Å². The second kappa shape index (κ2) is 6.72. The Kier molecular flexibility index (Phi) is 4.64. The molecule has 1 aromatic carbocycles. The number of halogens is 1. The van der Waals surface area contributed by atoms with Crippen molar-refractivity contribution >= 4 is 37.5 Å². The average molecular weight is 454 g/mol. The van der Waals surface area contributed by atoms with Crippen LogP contribution in [0.5, 0.6) is 0 Å². The molecule has 2 aliphatic rings. The molecule has 0 bridgehead atoms. The number of hydrogen-bond donors (Lipinski definition) is 0. The maximum atomic E-state index is 13.6. The van der Waals surface area contributed by atoms with Crippen LogP contribution >= 0.6 is 15.9 Å². The van der Waals surface area contributed by atoms with Crippen molar-refractivity contribution < 1.29 is 17.7 Å². The minimum atomic E-state index is -3.82. The van der Waals surface area contributed by atoms with E-state index in [1.54, 1.807) is 17.0 Å². The van der Waals surface area contributed by atoms with Gasteiger partial charge in [0, 0.05) is 30.6 Å². The van der Waals surface area contributed by atoms with Gasteiger partial charge in [-0.05, 0) is 43.9 Å². The first-order chi connectivity index (χ1) is 12.8. The summed E-state index contributed by atoms with van der Waals surface area (Å²) in [5, 5.41) is 3.90. The van der Waals surface area contributed by atoms with E-state index in [1.807, 2.05) is 13.0 Å². The quantitative estimate of drug-likeness (QED) is 0.712. The Balaban J connectivity index is 1.82. The minimum absolute atomic E-state index is 0.156. The zero-order valence-electron chi connectivity index (χ0n) is 15.1. The highest BCUT2D eigenvalue weighted by Crippen LogP contribution is 2.43. The van der Waals surface area contributed by atoms with Crippen LogP contribution in [-0.4, -0.2) is 36.9 Å². The van der Waals surface area contributed by atoms with Gasteiger partial charge in [-0.2, -0.15) is 4.31 Å². The monoisotopic (exact) mass is 453 g/mol. The zero-order valence-corrected chi connectivity index (χ0v) is 17.5. The molecule has 0 radical (unpaired) electrons. The molecule has 0 saturated carbocycles. The van der Waals surface area contributed by atoms with E-state index in [0.717, 1.165) is 17.7 Å². The summed E-state index contributed by atoms with van der Waals surface area (Å²) in [6.07, 6.45) is 2.07. The predicted molar refractivity (Wildman–Crippen MR) is 103 cm³/mol. The highest BCUT2D eigenvalue weighted by molar-refractivity contribution is 9.10. The molecule has 0 aliphatic carbocycles. The second-order valence-corrected chi connectivity index (χ2v) is 9.75. The zero-order chi connectivity index (χ0) is 19.3. The summed E-state index contributed by atoms with van der Waals surface area (Å²) >= 11 is 3.42. The molecule has 1 amide bonds. The van der Waals surface area contributed by atoms with Crippen LogP contribution in [-0.2, 0) is 21.2 Å². The number of sulfonamides is 1. The molecule has 0 spiro atoms. The number of hydrogen-bond acceptors (Lipinski definition) is 5. The van der Waals surface area contributed by atoms with Crippen molar-refractivity contribution in [1.29, 1.82) is 0 Å². The molecule has 7 nitrogen and oxygen atoms in total. The van der Waals surface area contributed by atoms with Gasteiger partial charge in [-0.25, -0.2) is 8.42 Å². The molecule has 4 rings (SSSR count). The molecule has 27 heavy (non-hydrogen) atoms. The molecule has 0 unspecified atom stereocenters. The highest BCUT2D eigenvalue weighted by atomic mass is 79.9. The third-order valence-electron chi connectivity index (χ3n) is 5.14. The van der Waals surface area contributed by atoms with Gasteiger partial charge in [0.1, 0.15) is 4.90 Å². The summed E-state index contributed by atoms with van der Waals surface area (Å²) in [4.78, 5) is 13.8. The molecule has 1 atom stereocenters. The first-order valence-corrected chi connectivity index (χ1v) is 11.1. The third kappa shape index (κ3) is 3.11. The fraction of sp³-hybridized carbons (Fsp3) is 0.444. The molecule has 2 aliphatic heterocycles. The minimum Gasteiger partial charge on any atom is -0.359 e. The van der Waals surface area contributed by atoms with Crippen LogP contribution in [0.25, 0.3) is 0 Å². The Hall–Kier alpha value is -1.71. The number of aryl methyl sites for hydroxylation is 1. The Morgan fingerprint density at radius 3 is 2.74 bits per heavy atom. The molecule has 1 aromatic heterocycles. The maximum Gasteiger partial charge on any atom is 0.245 e. The van der Waals surface area contributed by atoms with Crippen molar-refractivity contribution in [3.8, 4) is 0 Å². The number of benzene rings is 1. The molecule has 3 heterocycles. The fourth-order valence-corrected chi connectivity index (χ4v) is 6.54. The molecular formula is C18H20BrN3O4S. The average Bonchev–Trinajstić information content (AvgIpc) is 3.31. The molecular weight excluding hydrogens is 434 g/mol. The van der Waals surface area contributed by atoms with Crippen LogP contribution in [0.3, 0.4) is 0 Å². The van der Waals surface area contributed by atoms with Crippen LogP contribution < -0.4 is 4.90 Å². The number of fused-ring (bicyclic) bond motifs is 1. The molecule has 0 N–H and O–H groups in total. The van der Waals surface area contributed by atoms with Gasteiger partial charge >= 0.3 is 0 Å². The lowest BCUT2D eigenvalue weighted by molar-refractivity contribution is -0.116. The first kappa shape index (κ1) is 18.6. The predicted octanol–water partition coefficient (Wildman–Crippen LogP) is 3.18. The van der Waals surface area contributed by atoms with Crippen molar-refractivity contribution in [2.24, 2.45) is 0 Å². The summed E-state index contributed by atoms with van der Waals surface area (Å²) in [6.45, 7) is 4.18. The number of amides is 1. The largest absolute Gasteiger partial charge is 0.359 e. The van der Waals surface area contributed by atoms with Crippen molar-refractivity contribution in [2.45, 2.75) is 44.0 Å². The summed E-state index contributed by atoms with van der Waals surface area (Å²) in [6, 6.07) is 4.89. The Bertz CT molecular complexity index is 1020. The number of carbonyl (C=O) groups is 1. The second-order valence-electron chi connectivity index (χ2n) is 6.98. The number of nitrogens with zero attached hydrogens (tertiary/aromatic N) is 3. The number of carbonyl (C=O) groups excluding carboxylic acids is 1. The van der Waals surface area contributed by atoms with Crippen molar-refractivity contribution in [3.63, 3.8) is 0 Å². The lowest BCUT2D eigenvalue weighted by Gasteiger charge is -2.25. The van der Waals surface area contributed by atoms with Gasteiger partial charge < -0.3 is 9.42 Å². The van der Waals surface area contributed by atoms with E-state index in [2.05, 4.69) is 21.1 Å². The van der Waals surface area contributed by atoms with E-state index in [0.29, 0.717) is 41.9 Å². The van der Waals surface area contributed by atoms with Crippen molar-refractivity contribution in [1.82, 2.24) is 9.46 Å². The van der Waals surface area contributed by atoms with Crippen LogP contribution in [0.4, 0.5) is 5.69 Å². The van der Waals surface area contributed by atoms with Gasteiger partial charge in [-0.1, -0.05) is 21.1 Å². The standard InChI is InChI=1S/C18H20BrN3O4S/c1-11-8-16(26-20-11)15-4-3-6-22(15)27(24,25)17-10-14(19)9-13-5-7-21(12(2)23)18(13)17/h8-10,15H,3-7H2,1-2H3/t15-/m0/s1. The molecule has 1 saturated heterocycles. The summed E-state index contributed by atoms with van der Waals surface area (Å²) in [7, 11) is -3.82.